The number of piperidine rings is 2. The van der Waals surface area contributed by atoms with Crippen LogP contribution >= 0.6 is 0 Å². The van der Waals surface area contributed by atoms with E-state index in [-0.39, 0.29) is 98.7 Å². The number of anilines is 1. The van der Waals surface area contributed by atoms with Crippen LogP contribution in [0.3, 0.4) is 0 Å². The fraction of sp³-hybridized carbons (Fsp3) is 0.738. The molecule has 2 saturated carbocycles. The molecule has 5 aliphatic heterocycles. The Bertz CT molecular complexity index is 2920. The fourth-order valence-corrected chi connectivity index (χ4v) is 15.2. The van der Waals surface area contributed by atoms with E-state index in [0.717, 1.165) is 29.9 Å². The van der Waals surface area contributed by atoms with Crippen molar-refractivity contribution in [1.82, 2.24) is 29.5 Å². The summed E-state index contributed by atoms with van der Waals surface area (Å²) in [5.41, 5.74) is 9.20. The number of amides is 2. The molecule has 494 valence electrons. The number of esters is 1. The van der Waals surface area contributed by atoms with E-state index in [0.29, 0.717) is 81.1 Å². The highest BCUT2D eigenvalue weighted by molar-refractivity contribution is 6.39. The summed E-state index contributed by atoms with van der Waals surface area (Å²) in [6, 6.07) is 2.10. The van der Waals surface area contributed by atoms with Crippen molar-refractivity contribution in [3.05, 3.63) is 47.3 Å². The average Bonchev–Trinajstić information content (AvgIpc) is 1.57. The van der Waals surface area contributed by atoms with Gasteiger partial charge in [-0.25, -0.2) is 9.78 Å². The number of nitrogen functional groups attached to an aromatic ring is 1. The number of ether oxygens (including phenoxy) is 6. The zero-order valence-corrected chi connectivity index (χ0v) is 53.2. The van der Waals surface area contributed by atoms with Crippen LogP contribution in [0.15, 0.2) is 41.6 Å². The zero-order valence-electron chi connectivity index (χ0n) is 53.2. The number of nitrogens with two attached hydrogens (primary N) is 1. The number of ketones is 2. The first-order valence-electron chi connectivity index (χ1n) is 32.0. The van der Waals surface area contributed by atoms with Gasteiger partial charge in [-0.2, -0.15) is 5.10 Å². The van der Waals surface area contributed by atoms with Gasteiger partial charge in [0, 0.05) is 120 Å². The molecule has 2 aliphatic carbocycles. The van der Waals surface area contributed by atoms with Crippen LogP contribution in [0.5, 0.6) is 5.75 Å². The van der Waals surface area contributed by atoms with Crippen LogP contribution in [0.25, 0.3) is 11.3 Å². The summed E-state index contributed by atoms with van der Waals surface area (Å²) >= 11 is 0. The Morgan fingerprint density at radius 2 is 1.60 bits per heavy atom. The van der Waals surface area contributed by atoms with Crippen LogP contribution in [0, 0.1) is 47.3 Å². The van der Waals surface area contributed by atoms with Crippen molar-refractivity contribution in [2.45, 2.75) is 198 Å². The quantitative estimate of drug-likeness (QED) is 0.0896. The molecule has 5 N–H and O–H groups in total. The monoisotopic (exact) mass is 1250 g/mol. The van der Waals surface area contributed by atoms with E-state index in [1.54, 1.807) is 14.0 Å². The molecule has 2 aromatic heterocycles. The summed E-state index contributed by atoms with van der Waals surface area (Å²) in [6.45, 7) is 15.8. The Hall–Kier alpha value is -5.34. The van der Waals surface area contributed by atoms with E-state index in [4.69, 9.17) is 34.5 Å². The molecular formula is C65H94F3N7O14. The van der Waals surface area contributed by atoms with Gasteiger partial charge in [0.1, 0.15) is 17.9 Å². The Labute approximate surface area is 520 Å². The number of likely N-dealkylation sites (tertiary alicyclic amines) is 2. The molecule has 2 aromatic rings. The van der Waals surface area contributed by atoms with Crippen molar-refractivity contribution >= 4 is 35.2 Å². The predicted octanol–water partition coefficient (Wildman–Crippen LogP) is 6.97. The molecule has 2 bridgehead atoms. The van der Waals surface area contributed by atoms with Crippen molar-refractivity contribution in [2.24, 2.45) is 47.3 Å². The number of nitrogens with zero attached hydrogens (tertiary/aromatic N) is 6. The number of Topliss-reactive ketones (excluding diaryl/α,β-unsaturated/α-hetero) is 2. The lowest BCUT2D eigenvalue weighted by Gasteiger charge is -2.47. The molecule has 24 heteroatoms. The van der Waals surface area contributed by atoms with E-state index in [2.05, 4.69) is 20.7 Å². The number of aliphatic hydroxyl groups excluding tert-OH is 2. The van der Waals surface area contributed by atoms with Gasteiger partial charge in [0.25, 0.3) is 11.7 Å². The topological polar surface area (TPSA) is 268 Å². The summed E-state index contributed by atoms with van der Waals surface area (Å²) in [5, 5.41) is 39.9. The van der Waals surface area contributed by atoms with E-state index in [1.807, 2.05) is 63.3 Å². The molecule has 2 amide bonds. The third-order valence-electron chi connectivity index (χ3n) is 20.5. The highest BCUT2D eigenvalue weighted by atomic mass is 19.4. The maximum Gasteiger partial charge on any atom is 0.573 e. The summed E-state index contributed by atoms with van der Waals surface area (Å²) in [4.78, 5) is 81.5. The second-order valence-electron chi connectivity index (χ2n) is 27.1. The SMILES string of the molecule is CO[C@H]1C[C@@H](C)C/C(C)=C/[C@@H](CCC(=O)N2CC(N3C[C@@H]4[C@H](C3)[C@H]4c3cc(-c4cnc(N)c(OC(F)(F)F)c4)nn3C(C)C)C2)C(=O)C[C@H](O)[C@@H](C)[C@@H](/C(C)=C/[C@@H]2CC[C@@H](O)[C@H](OC)C2)COC(=O)[C@@H]2CCCCN2C(=O)C(=O)[C@]2(O)O[C@H]1[C@@H](OC)C[C@H]2C. The molecule has 4 saturated heterocycles. The van der Waals surface area contributed by atoms with Crippen LogP contribution in [0.1, 0.15) is 143 Å². The van der Waals surface area contributed by atoms with E-state index >= 15 is 0 Å². The van der Waals surface area contributed by atoms with E-state index in [9.17, 15) is 52.5 Å². The maximum atomic E-state index is 14.8. The van der Waals surface area contributed by atoms with Gasteiger partial charge in [-0.05, 0) is 134 Å². The second kappa shape index (κ2) is 28.3. The zero-order chi connectivity index (χ0) is 64.6. The van der Waals surface area contributed by atoms with Crippen molar-refractivity contribution in [2.75, 3.05) is 66.4 Å². The highest BCUT2D eigenvalue weighted by Crippen LogP contribution is 2.59. The van der Waals surface area contributed by atoms with Crippen LogP contribution < -0.4 is 10.5 Å². The molecule has 89 heavy (non-hydrogen) atoms. The molecule has 0 aromatic carbocycles. The maximum absolute atomic E-state index is 14.8. The molecular weight excluding hydrogens is 1160 g/mol. The molecule has 0 spiro atoms. The Balaban J connectivity index is 0.907. The molecule has 6 fully saturated rings. The summed E-state index contributed by atoms with van der Waals surface area (Å²) in [7, 11) is 4.57. The molecule has 7 aliphatic rings. The number of fused-ring (bicyclic) bond motifs is 4. The van der Waals surface area contributed by atoms with Crippen LogP contribution in [0.4, 0.5) is 19.0 Å². The largest absolute Gasteiger partial charge is 0.573 e. The number of rotatable bonds is 13. The van der Waals surface area contributed by atoms with Gasteiger partial charge >= 0.3 is 12.3 Å². The minimum absolute atomic E-state index is 0.00724. The number of hydrogen-bond donors (Lipinski definition) is 4. The third-order valence-corrected chi connectivity index (χ3v) is 20.5. The normalized spacial score (nSPS) is 35.9. The number of alkyl halides is 3. The van der Waals surface area contributed by atoms with Gasteiger partial charge < -0.3 is 59.3 Å². The number of pyridine rings is 1. The van der Waals surface area contributed by atoms with Gasteiger partial charge in [-0.3, -0.25) is 28.8 Å². The Kier molecular flexibility index (Phi) is 21.6. The predicted molar refractivity (Wildman–Crippen MR) is 320 cm³/mol. The van der Waals surface area contributed by atoms with Gasteiger partial charge in [0.15, 0.2) is 11.6 Å². The first-order chi connectivity index (χ1) is 42.1. The number of methoxy groups -OCH3 is 3. The van der Waals surface area contributed by atoms with Gasteiger partial charge in [-0.1, -0.05) is 44.1 Å². The molecule has 17 atom stereocenters. The molecule has 0 unspecified atom stereocenters. The van der Waals surface area contributed by atoms with Gasteiger partial charge in [0.05, 0.1) is 42.8 Å². The molecule has 21 nitrogen and oxygen atoms in total. The third kappa shape index (κ3) is 15.3. The smallest absolute Gasteiger partial charge is 0.464 e. The molecule has 7 heterocycles. The van der Waals surface area contributed by atoms with Crippen molar-refractivity contribution in [1.29, 1.82) is 0 Å². The Morgan fingerprint density at radius 3 is 2.26 bits per heavy atom. The van der Waals surface area contributed by atoms with Gasteiger partial charge in [-0.15, -0.1) is 13.2 Å². The number of aliphatic hydroxyl groups is 3. The number of allylic oxidation sites excluding steroid dienone is 3. The van der Waals surface area contributed by atoms with E-state index < -0.39 is 95.8 Å². The number of cyclic esters (lactones) is 1. The number of carbonyl (C=O) groups is 5. The van der Waals surface area contributed by atoms with E-state index in [1.165, 1.54) is 31.4 Å². The van der Waals surface area contributed by atoms with Crippen LogP contribution in [-0.4, -0.2) is 196 Å². The summed E-state index contributed by atoms with van der Waals surface area (Å²) in [5.74, 6) is -9.02. The minimum atomic E-state index is -4.94. The Morgan fingerprint density at radius 1 is 0.910 bits per heavy atom. The van der Waals surface area contributed by atoms with Crippen molar-refractivity contribution < 1.29 is 80.9 Å². The average molecular weight is 1250 g/mol. The fourth-order valence-electron chi connectivity index (χ4n) is 15.2. The number of carbonyl (C=O) groups excluding carboxylic acids is 5. The number of hydrogen-bond acceptors (Lipinski definition) is 18. The lowest BCUT2D eigenvalue weighted by molar-refractivity contribution is -0.302. The van der Waals surface area contributed by atoms with Crippen LogP contribution in [0.2, 0.25) is 0 Å². The summed E-state index contributed by atoms with van der Waals surface area (Å²) < 4.78 is 75.5. The summed E-state index contributed by atoms with van der Waals surface area (Å²) in [6.07, 6.45) is -0.0927. The highest BCUT2D eigenvalue weighted by Gasteiger charge is 2.60. The van der Waals surface area contributed by atoms with Crippen molar-refractivity contribution in [3.63, 3.8) is 0 Å². The lowest BCUT2D eigenvalue weighted by Crippen LogP contribution is -2.64. The van der Waals surface area contributed by atoms with Crippen LogP contribution in [-0.2, 0) is 47.7 Å². The second-order valence-corrected chi connectivity index (χ2v) is 27.1. The molecule has 9 rings (SSSR count). The minimum Gasteiger partial charge on any atom is -0.464 e. The number of aromatic nitrogens is 3. The van der Waals surface area contributed by atoms with Crippen molar-refractivity contribution in [3.8, 4) is 17.0 Å². The number of halogens is 3. The molecule has 0 radical (unpaired) electrons. The first kappa shape index (κ1) is 68.0. The van der Waals surface area contributed by atoms with Gasteiger partial charge in [0.2, 0.25) is 11.7 Å². The standard InChI is InChI=1S/C65H94F3N7O14/c1-34(2)75-49(26-47(71-75)42-25-56(61(69)70-28-42)88-65(66,67)68)58-44-31-72(32-45(44)58)43-29-73(30-43)57(79)17-15-41-20-35(3)19-36(4)21-54(85-9)59-55(86-10)23-38(6)64(83,89-59)60(80)62(81)74-18-12-11-13-48(74)63(82)87-33-46(39(7)51(77)27-52(41)78)37(5)22-40-14-16-50(76)53(24-40)84-8/h20,22,25-26,28,34,36,38-41,43-46,48,50-51,53-55,58-59,76-77,83H,11-19,21,23-24,27,29-33H2,1-10H3,(H2,69,70)/b35-20+,37-22+/t36-,38+,39-,40-,41+,44-,45+,46+,48-,50+,51-,53+,54-,55-,58+,59+,64+/m0/s1. The lowest BCUT2D eigenvalue weighted by atomic mass is 9.78. The first-order valence-corrected chi connectivity index (χ1v) is 32.0.